The Morgan fingerprint density at radius 2 is 2.06 bits per heavy atom. The van der Waals surface area contributed by atoms with Crippen molar-refractivity contribution in [1.82, 2.24) is 5.32 Å². The Hall–Kier alpha value is -0.620. The molecule has 6 heteroatoms. The van der Waals surface area contributed by atoms with E-state index in [0.717, 1.165) is 0 Å². The quantitative estimate of drug-likeness (QED) is 0.718. The van der Waals surface area contributed by atoms with E-state index in [4.69, 9.17) is 4.74 Å². The molecule has 16 heavy (non-hydrogen) atoms. The molecule has 1 rings (SSSR count). The van der Waals surface area contributed by atoms with Crippen molar-refractivity contribution in [2.24, 2.45) is 0 Å². The van der Waals surface area contributed by atoms with Crippen LogP contribution >= 0.6 is 0 Å². The van der Waals surface area contributed by atoms with Crippen molar-refractivity contribution in [3.8, 4) is 0 Å². The second-order valence-electron chi connectivity index (χ2n) is 5.07. The Morgan fingerprint density at radius 3 is 2.50 bits per heavy atom. The van der Waals surface area contributed by atoms with Crippen molar-refractivity contribution < 1.29 is 17.9 Å². The topological polar surface area (TPSA) is 72.5 Å². The number of sulfone groups is 1. The van der Waals surface area contributed by atoms with Gasteiger partial charge >= 0.3 is 5.97 Å². The van der Waals surface area contributed by atoms with E-state index in [2.05, 4.69) is 5.32 Å². The van der Waals surface area contributed by atoms with Crippen LogP contribution in [0.25, 0.3) is 0 Å². The lowest BCUT2D eigenvalue weighted by atomic mass is 10.2. The first-order valence-corrected chi connectivity index (χ1v) is 7.16. The van der Waals surface area contributed by atoms with E-state index in [0.29, 0.717) is 6.42 Å². The summed E-state index contributed by atoms with van der Waals surface area (Å²) in [5.74, 6) is -0.0220. The van der Waals surface area contributed by atoms with Crippen LogP contribution in [0, 0.1) is 0 Å². The number of rotatable bonds is 3. The summed E-state index contributed by atoms with van der Waals surface area (Å²) in [5, 5.41) is 2.91. The van der Waals surface area contributed by atoms with Crippen LogP contribution in [-0.4, -0.2) is 44.1 Å². The fraction of sp³-hybridized carbons (Fsp3) is 0.900. The van der Waals surface area contributed by atoms with E-state index in [1.807, 2.05) is 0 Å². The molecule has 0 saturated carbocycles. The van der Waals surface area contributed by atoms with Crippen LogP contribution in [-0.2, 0) is 19.4 Å². The molecule has 0 radical (unpaired) electrons. The molecule has 0 bridgehead atoms. The Bertz CT molecular complexity index is 356. The predicted molar refractivity (Wildman–Crippen MR) is 60.9 cm³/mol. The van der Waals surface area contributed by atoms with Crippen molar-refractivity contribution in [1.29, 1.82) is 0 Å². The maximum atomic E-state index is 11.3. The molecule has 1 atom stereocenters. The van der Waals surface area contributed by atoms with Crippen molar-refractivity contribution >= 4 is 15.8 Å². The first kappa shape index (κ1) is 13.4. The predicted octanol–water partition coefficient (Wildman–Crippen LogP) is 0.105. The number of carbonyl (C=O) groups excluding carboxylic acids is 1. The van der Waals surface area contributed by atoms with Gasteiger partial charge in [0.25, 0.3) is 0 Å². The zero-order valence-corrected chi connectivity index (χ0v) is 10.8. The van der Waals surface area contributed by atoms with Crippen molar-refractivity contribution in [2.75, 3.05) is 18.1 Å². The van der Waals surface area contributed by atoms with E-state index in [9.17, 15) is 13.2 Å². The maximum Gasteiger partial charge on any atom is 0.320 e. The molecule has 1 N–H and O–H groups in total. The average Bonchev–Trinajstić information content (AvgIpc) is 2.39. The van der Waals surface area contributed by atoms with Crippen LogP contribution < -0.4 is 5.32 Å². The third-order valence-corrected chi connectivity index (χ3v) is 3.96. The van der Waals surface area contributed by atoms with Crippen LogP contribution in [0.15, 0.2) is 0 Å². The summed E-state index contributed by atoms with van der Waals surface area (Å²) in [4.78, 5) is 11.3. The second-order valence-corrected chi connectivity index (χ2v) is 7.30. The van der Waals surface area contributed by atoms with Gasteiger partial charge in [-0.1, -0.05) is 0 Å². The summed E-state index contributed by atoms with van der Waals surface area (Å²) in [6.07, 6.45) is 0.575. The number of esters is 1. The molecule has 5 nitrogen and oxygen atoms in total. The standard InChI is InChI=1S/C10H19NO4S/c1-10(2,3)15-9(12)6-11-8-4-5-16(13,14)7-8/h8,11H,4-7H2,1-3H3. The summed E-state index contributed by atoms with van der Waals surface area (Å²) in [5.41, 5.74) is -0.499. The molecule has 1 aliphatic rings. The normalized spacial score (nSPS) is 24.3. The van der Waals surface area contributed by atoms with E-state index < -0.39 is 15.4 Å². The fourth-order valence-corrected chi connectivity index (χ4v) is 3.27. The van der Waals surface area contributed by atoms with Crippen LogP contribution in [0.2, 0.25) is 0 Å². The lowest BCUT2D eigenvalue weighted by molar-refractivity contribution is -0.153. The molecule has 0 aromatic carbocycles. The van der Waals surface area contributed by atoms with Crippen LogP contribution in [0.5, 0.6) is 0 Å². The van der Waals surface area contributed by atoms with Gasteiger partial charge in [0.15, 0.2) is 9.84 Å². The van der Waals surface area contributed by atoms with Crippen molar-refractivity contribution in [2.45, 2.75) is 38.8 Å². The SMILES string of the molecule is CC(C)(C)OC(=O)CNC1CCS(=O)(=O)C1. The van der Waals surface area contributed by atoms with Gasteiger partial charge in [-0.2, -0.15) is 0 Å². The van der Waals surface area contributed by atoms with Crippen molar-refractivity contribution in [3.63, 3.8) is 0 Å². The van der Waals surface area contributed by atoms with Gasteiger partial charge in [0, 0.05) is 6.04 Å². The maximum absolute atomic E-state index is 11.3. The van der Waals surface area contributed by atoms with E-state index in [1.54, 1.807) is 20.8 Å². The van der Waals surface area contributed by atoms with Crippen LogP contribution in [0.4, 0.5) is 0 Å². The van der Waals surface area contributed by atoms with Gasteiger partial charge in [-0.15, -0.1) is 0 Å². The monoisotopic (exact) mass is 249 g/mol. The van der Waals surface area contributed by atoms with E-state index >= 15 is 0 Å². The summed E-state index contributed by atoms with van der Waals surface area (Å²) >= 11 is 0. The highest BCUT2D eigenvalue weighted by Crippen LogP contribution is 2.11. The molecule has 1 heterocycles. The molecule has 1 saturated heterocycles. The first-order chi connectivity index (χ1) is 7.18. The summed E-state index contributed by atoms with van der Waals surface area (Å²) in [6.45, 7) is 5.46. The molecule has 0 aromatic rings. The van der Waals surface area contributed by atoms with Gasteiger partial charge in [-0.25, -0.2) is 8.42 Å². The minimum atomic E-state index is -2.89. The molecule has 1 unspecified atom stereocenters. The van der Waals surface area contributed by atoms with Gasteiger partial charge in [0.1, 0.15) is 5.60 Å². The minimum Gasteiger partial charge on any atom is -0.459 e. The molecule has 94 valence electrons. The summed E-state index contributed by atoms with van der Waals surface area (Å²) in [6, 6.07) is -0.113. The Labute approximate surface area is 96.5 Å². The highest BCUT2D eigenvalue weighted by Gasteiger charge is 2.28. The Balaban J connectivity index is 2.29. The molecule has 0 spiro atoms. The van der Waals surface area contributed by atoms with Crippen LogP contribution in [0.1, 0.15) is 27.2 Å². The Kier molecular flexibility index (Phi) is 3.96. The van der Waals surface area contributed by atoms with Gasteiger partial charge in [0.05, 0.1) is 18.1 Å². The molecular weight excluding hydrogens is 230 g/mol. The highest BCUT2D eigenvalue weighted by atomic mass is 32.2. The number of carbonyl (C=O) groups is 1. The average molecular weight is 249 g/mol. The number of hydrogen-bond acceptors (Lipinski definition) is 5. The zero-order chi connectivity index (χ0) is 12.4. The van der Waals surface area contributed by atoms with E-state index in [-0.39, 0.29) is 30.1 Å². The molecule has 1 aliphatic heterocycles. The zero-order valence-electron chi connectivity index (χ0n) is 9.95. The summed E-state index contributed by atoms with van der Waals surface area (Å²) < 4.78 is 27.4. The van der Waals surface area contributed by atoms with Gasteiger partial charge < -0.3 is 10.1 Å². The molecule has 0 aliphatic carbocycles. The lowest BCUT2D eigenvalue weighted by Gasteiger charge is -2.20. The largest absolute Gasteiger partial charge is 0.459 e. The number of nitrogens with one attached hydrogen (secondary N) is 1. The first-order valence-electron chi connectivity index (χ1n) is 5.34. The third kappa shape index (κ3) is 4.94. The smallest absolute Gasteiger partial charge is 0.320 e. The lowest BCUT2D eigenvalue weighted by Crippen LogP contribution is -2.37. The second kappa shape index (κ2) is 4.71. The van der Waals surface area contributed by atoms with Gasteiger partial charge in [-0.3, -0.25) is 4.79 Å². The van der Waals surface area contributed by atoms with Gasteiger partial charge in [0.2, 0.25) is 0 Å². The van der Waals surface area contributed by atoms with Crippen molar-refractivity contribution in [3.05, 3.63) is 0 Å². The Morgan fingerprint density at radius 1 is 1.44 bits per heavy atom. The minimum absolute atomic E-state index is 0.0669. The van der Waals surface area contributed by atoms with Crippen LogP contribution in [0.3, 0.4) is 0 Å². The highest BCUT2D eigenvalue weighted by molar-refractivity contribution is 7.91. The number of ether oxygens (including phenoxy) is 1. The van der Waals surface area contributed by atoms with E-state index in [1.165, 1.54) is 0 Å². The molecule has 0 amide bonds. The van der Waals surface area contributed by atoms with Gasteiger partial charge in [-0.05, 0) is 27.2 Å². The fourth-order valence-electron chi connectivity index (χ4n) is 1.56. The number of hydrogen-bond donors (Lipinski definition) is 1. The molecule has 1 fully saturated rings. The molecule has 0 aromatic heterocycles. The molecular formula is C10H19NO4S. The summed E-state index contributed by atoms with van der Waals surface area (Å²) in [7, 11) is -2.89. The third-order valence-electron chi connectivity index (χ3n) is 2.19.